The van der Waals surface area contributed by atoms with Gasteiger partial charge in [0.25, 0.3) is 15.9 Å². The monoisotopic (exact) mass is 458 g/mol. The molecule has 2 rings (SSSR count). The number of aromatic hydroxyl groups is 1. The summed E-state index contributed by atoms with van der Waals surface area (Å²) in [6.45, 7) is 9.20. The second-order valence-electron chi connectivity index (χ2n) is 6.69. The second-order valence-corrected chi connectivity index (χ2v) is 8.37. The molecule has 0 aliphatic rings. The third kappa shape index (κ3) is 8.84. The van der Waals surface area contributed by atoms with Crippen molar-refractivity contribution in [1.82, 2.24) is 4.72 Å². The Morgan fingerprint density at radius 1 is 1.06 bits per heavy atom. The van der Waals surface area contributed by atoms with E-state index in [2.05, 4.69) is 27.3 Å². The zero-order valence-electron chi connectivity index (χ0n) is 18.0. The first-order chi connectivity index (χ1) is 15.0. The number of hydrogen-bond donors (Lipinski definition) is 4. The van der Waals surface area contributed by atoms with Crippen molar-refractivity contribution < 1.29 is 23.1 Å². The van der Waals surface area contributed by atoms with Crippen LogP contribution in [0.4, 0.5) is 5.69 Å². The lowest BCUT2D eigenvalue weighted by atomic mass is 10.2. The van der Waals surface area contributed by atoms with Crippen molar-refractivity contribution in [1.29, 1.82) is 0 Å². The summed E-state index contributed by atoms with van der Waals surface area (Å²) in [6, 6.07) is 11.5. The first-order valence-corrected chi connectivity index (χ1v) is 10.7. The highest BCUT2D eigenvalue weighted by Gasteiger charge is 2.15. The molecule has 0 atom stereocenters. The minimum absolute atomic E-state index is 0.00436. The molecule has 0 aliphatic carbocycles. The van der Waals surface area contributed by atoms with Crippen LogP contribution in [-0.2, 0) is 14.8 Å². The average molecular weight is 459 g/mol. The molecule has 0 radical (unpaired) electrons. The summed E-state index contributed by atoms with van der Waals surface area (Å²) in [6.07, 6.45) is 2.06. The number of allylic oxidation sites excluding steroid dienone is 2. The lowest BCUT2D eigenvalue weighted by Crippen LogP contribution is -2.22. The summed E-state index contributed by atoms with van der Waals surface area (Å²) in [7, 11) is -3.85. The molecule has 0 spiro atoms. The second kappa shape index (κ2) is 12.1. The number of rotatable bonds is 7. The van der Waals surface area contributed by atoms with Gasteiger partial charge in [0.2, 0.25) is 6.41 Å². The van der Waals surface area contributed by atoms with E-state index in [1.165, 1.54) is 48.5 Å². The normalized spacial score (nSPS) is 10.8. The van der Waals surface area contributed by atoms with Crippen LogP contribution >= 0.6 is 0 Å². The Labute approximate surface area is 187 Å². The number of benzene rings is 2. The Balaban J connectivity index is 0.00000161. The smallest absolute Gasteiger partial charge is 0.263 e. The molecule has 2 amide bonds. The molecule has 0 aromatic heterocycles. The molecule has 10 heteroatoms. The molecular formula is C22H26N4O5S. The van der Waals surface area contributed by atoms with Crippen molar-refractivity contribution in [3.05, 3.63) is 78.1 Å². The maximum absolute atomic E-state index is 12.5. The molecule has 170 valence electrons. The van der Waals surface area contributed by atoms with Crippen LogP contribution in [0.15, 0.2) is 82.5 Å². The van der Waals surface area contributed by atoms with Crippen molar-refractivity contribution in [3.63, 3.8) is 0 Å². The minimum atomic E-state index is -3.85. The Morgan fingerprint density at radius 3 is 2.09 bits per heavy atom. The van der Waals surface area contributed by atoms with Crippen molar-refractivity contribution in [3.8, 4) is 5.75 Å². The van der Waals surface area contributed by atoms with Gasteiger partial charge >= 0.3 is 0 Å². The molecule has 2 aromatic carbocycles. The summed E-state index contributed by atoms with van der Waals surface area (Å²) in [4.78, 5) is 24.9. The molecule has 0 saturated heterocycles. The standard InChI is InChI=1S/C21H23N3O4S.CH3NO/c1-14(2)13-15(3)22-16(4)24-29(27,28)20-11-7-18(8-12-20)23-21(26)17-5-9-19(25)10-6-17;2-1-3/h5-13,24-25H,4H2,1-3H3,(H,23,26);1H,(H2,2,3)/b22-15-;. The number of hydrogen-bond acceptors (Lipinski definition) is 6. The predicted molar refractivity (Wildman–Crippen MR) is 125 cm³/mol. The van der Waals surface area contributed by atoms with Crippen molar-refractivity contribution in [2.24, 2.45) is 10.7 Å². The number of nitrogens with one attached hydrogen (secondary N) is 2. The van der Waals surface area contributed by atoms with Crippen LogP contribution in [0.5, 0.6) is 5.75 Å². The zero-order valence-corrected chi connectivity index (χ0v) is 18.8. The van der Waals surface area contributed by atoms with Gasteiger partial charge in [-0.05, 0) is 75.4 Å². The number of phenols is 1. The maximum atomic E-state index is 12.5. The number of sulfonamides is 1. The number of aliphatic imine (C=N–C) groups is 1. The molecule has 2 aromatic rings. The van der Waals surface area contributed by atoms with Gasteiger partial charge < -0.3 is 16.2 Å². The number of phenolic OH excluding ortho intramolecular Hbond substituents is 1. The van der Waals surface area contributed by atoms with Gasteiger partial charge in [0, 0.05) is 17.0 Å². The van der Waals surface area contributed by atoms with Crippen LogP contribution < -0.4 is 15.8 Å². The van der Waals surface area contributed by atoms with Crippen LogP contribution in [0, 0.1) is 0 Å². The summed E-state index contributed by atoms with van der Waals surface area (Å²) in [5.41, 5.74) is 6.62. The molecular weight excluding hydrogens is 432 g/mol. The lowest BCUT2D eigenvalue weighted by molar-refractivity contribution is -0.106. The van der Waals surface area contributed by atoms with Gasteiger partial charge in [-0.1, -0.05) is 12.2 Å². The average Bonchev–Trinajstić information content (AvgIpc) is 2.68. The molecule has 0 heterocycles. The fraction of sp³-hybridized carbons (Fsp3) is 0.136. The number of primary amides is 1. The summed E-state index contributed by atoms with van der Waals surface area (Å²) in [5.74, 6) is -0.313. The zero-order chi connectivity index (χ0) is 24.3. The first kappa shape index (κ1) is 26.1. The van der Waals surface area contributed by atoms with E-state index >= 15 is 0 Å². The van der Waals surface area contributed by atoms with Gasteiger partial charge in [0.15, 0.2) is 0 Å². The minimum Gasteiger partial charge on any atom is -0.508 e. The third-order valence-corrected chi connectivity index (χ3v) is 5.01. The largest absolute Gasteiger partial charge is 0.508 e. The van der Waals surface area contributed by atoms with E-state index in [0.717, 1.165) is 5.57 Å². The fourth-order valence-corrected chi connectivity index (χ4v) is 3.40. The maximum Gasteiger partial charge on any atom is 0.263 e. The van der Waals surface area contributed by atoms with Crippen LogP contribution in [0.2, 0.25) is 0 Å². The van der Waals surface area contributed by atoms with Gasteiger partial charge in [-0.15, -0.1) is 0 Å². The number of nitrogens with two attached hydrogens (primary N) is 1. The van der Waals surface area contributed by atoms with E-state index in [0.29, 0.717) is 17.0 Å². The molecule has 32 heavy (non-hydrogen) atoms. The summed E-state index contributed by atoms with van der Waals surface area (Å²) < 4.78 is 27.2. The quantitative estimate of drug-likeness (QED) is 0.371. The number of carbonyl (C=O) groups excluding carboxylic acids is 2. The van der Waals surface area contributed by atoms with E-state index in [1.54, 1.807) is 6.92 Å². The van der Waals surface area contributed by atoms with Crippen LogP contribution in [-0.4, -0.2) is 31.6 Å². The molecule has 0 saturated carbocycles. The fourth-order valence-electron chi connectivity index (χ4n) is 2.43. The lowest BCUT2D eigenvalue weighted by Gasteiger charge is -2.09. The Morgan fingerprint density at radius 2 is 1.59 bits per heavy atom. The van der Waals surface area contributed by atoms with Gasteiger partial charge in [0.05, 0.1) is 4.90 Å². The van der Waals surface area contributed by atoms with Crippen molar-refractivity contribution in [2.45, 2.75) is 25.7 Å². The molecule has 9 nitrogen and oxygen atoms in total. The number of nitrogens with zero attached hydrogens (tertiary/aromatic N) is 1. The van der Waals surface area contributed by atoms with E-state index in [-0.39, 0.29) is 28.8 Å². The predicted octanol–water partition coefficient (Wildman–Crippen LogP) is 2.92. The van der Waals surface area contributed by atoms with E-state index in [9.17, 15) is 18.3 Å². The number of carbonyl (C=O) groups is 2. The third-order valence-electron chi connectivity index (χ3n) is 3.61. The molecule has 0 bridgehead atoms. The highest BCUT2D eigenvalue weighted by atomic mass is 32.2. The number of anilines is 1. The highest BCUT2D eigenvalue weighted by molar-refractivity contribution is 7.89. The Bertz CT molecular complexity index is 1120. The Kier molecular flexibility index (Phi) is 9.84. The summed E-state index contributed by atoms with van der Waals surface area (Å²) in [5, 5.41) is 11.9. The number of amides is 2. The van der Waals surface area contributed by atoms with Crippen molar-refractivity contribution in [2.75, 3.05) is 5.32 Å². The SMILES string of the molecule is C=C(/N=C(/C)C=C(C)C)NS(=O)(=O)c1ccc(NC(=O)c2ccc(O)cc2)cc1.NC=O. The molecule has 0 aliphatic heterocycles. The van der Waals surface area contributed by atoms with Crippen LogP contribution in [0.3, 0.4) is 0 Å². The Hall–Kier alpha value is -3.92. The van der Waals surface area contributed by atoms with Gasteiger partial charge in [-0.25, -0.2) is 13.4 Å². The van der Waals surface area contributed by atoms with Crippen LogP contribution in [0.1, 0.15) is 31.1 Å². The van der Waals surface area contributed by atoms with E-state index in [1.807, 2.05) is 19.9 Å². The molecule has 0 fully saturated rings. The van der Waals surface area contributed by atoms with Gasteiger partial charge in [-0.3, -0.25) is 14.3 Å². The van der Waals surface area contributed by atoms with E-state index < -0.39 is 10.0 Å². The van der Waals surface area contributed by atoms with Crippen LogP contribution in [0.25, 0.3) is 0 Å². The van der Waals surface area contributed by atoms with Gasteiger partial charge in [-0.2, -0.15) is 0 Å². The van der Waals surface area contributed by atoms with Gasteiger partial charge in [0.1, 0.15) is 11.6 Å². The first-order valence-electron chi connectivity index (χ1n) is 9.26. The summed E-state index contributed by atoms with van der Waals surface area (Å²) >= 11 is 0. The topological polar surface area (TPSA) is 151 Å². The van der Waals surface area contributed by atoms with E-state index in [4.69, 9.17) is 4.79 Å². The highest BCUT2D eigenvalue weighted by Crippen LogP contribution is 2.17. The van der Waals surface area contributed by atoms with Crippen molar-refractivity contribution >= 4 is 33.7 Å². The molecule has 0 unspecified atom stereocenters. The molecule has 5 N–H and O–H groups in total.